The zero-order valence-corrected chi connectivity index (χ0v) is 14.3. The van der Waals surface area contributed by atoms with Gasteiger partial charge in [0.1, 0.15) is 0 Å². The topological polar surface area (TPSA) is 15.3 Å². The van der Waals surface area contributed by atoms with Crippen molar-refractivity contribution >= 4 is 22.1 Å². The normalized spacial score (nSPS) is 17.4. The van der Waals surface area contributed by atoms with E-state index in [0.29, 0.717) is 6.04 Å². The summed E-state index contributed by atoms with van der Waals surface area (Å²) < 4.78 is 0. The summed E-state index contributed by atoms with van der Waals surface area (Å²) in [6.07, 6.45) is 0. The van der Waals surface area contributed by atoms with Crippen molar-refractivity contribution in [3.05, 3.63) is 69.9 Å². The smallest absolute Gasteiger partial charge is 0.0705 e. The summed E-state index contributed by atoms with van der Waals surface area (Å²) in [6, 6.07) is 18.1. The van der Waals surface area contributed by atoms with Crippen LogP contribution < -0.4 is 5.32 Å². The predicted octanol–water partition coefficient (Wildman–Crippen LogP) is 4.20. The van der Waals surface area contributed by atoms with Gasteiger partial charge in [0.05, 0.1) is 6.04 Å². The molecule has 1 fully saturated rings. The number of nitrogens with one attached hydrogen (secondary N) is 1. The van der Waals surface area contributed by atoms with Gasteiger partial charge >= 0.3 is 0 Å². The van der Waals surface area contributed by atoms with E-state index in [4.69, 9.17) is 0 Å². The Hall–Kier alpha value is -1.68. The summed E-state index contributed by atoms with van der Waals surface area (Å²) in [5.74, 6) is 0. The minimum atomic E-state index is 0.364. The lowest BCUT2D eigenvalue weighted by Gasteiger charge is -2.35. The van der Waals surface area contributed by atoms with Crippen LogP contribution in [0.15, 0.2) is 53.9 Å². The molecule has 23 heavy (non-hydrogen) atoms. The van der Waals surface area contributed by atoms with Crippen molar-refractivity contribution < 1.29 is 0 Å². The van der Waals surface area contributed by atoms with Crippen molar-refractivity contribution in [3.8, 4) is 0 Å². The number of fused-ring (bicyclic) bond motifs is 1. The zero-order valence-electron chi connectivity index (χ0n) is 13.5. The van der Waals surface area contributed by atoms with Gasteiger partial charge in [-0.1, -0.05) is 42.5 Å². The van der Waals surface area contributed by atoms with Gasteiger partial charge in [0.2, 0.25) is 0 Å². The van der Waals surface area contributed by atoms with Crippen molar-refractivity contribution in [2.45, 2.75) is 13.0 Å². The molecule has 1 unspecified atom stereocenters. The lowest BCUT2D eigenvalue weighted by atomic mass is 9.95. The van der Waals surface area contributed by atoms with Crippen molar-refractivity contribution in [3.63, 3.8) is 0 Å². The summed E-state index contributed by atoms with van der Waals surface area (Å²) >= 11 is 1.89. The Kier molecular flexibility index (Phi) is 4.17. The SMILES string of the molecule is Cc1ccsc1C(c1cccc2ccccc12)N1CCNCC1. The van der Waals surface area contributed by atoms with Crippen LogP contribution in [0.5, 0.6) is 0 Å². The van der Waals surface area contributed by atoms with E-state index in [1.165, 1.54) is 26.8 Å². The molecule has 2 aromatic carbocycles. The molecular weight excluding hydrogens is 300 g/mol. The van der Waals surface area contributed by atoms with Crippen LogP contribution in [0.25, 0.3) is 10.8 Å². The molecule has 0 spiro atoms. The highest BCUT2D eigenvalue weighted by Crippen LogP contribution is 2.37. The Morgan fingerprint density at radius 2 is 1.78 bits per heavy atom. The molecule has 4 rings (SSSR count). The molecule has 0 amide bonds. The molecule has 0 radical (unpaired) electrons. The van der Waals surface area contributed by atoms with Crippen LogP contribution in [0.2, 0.25) is 0 Å². The molecule has 1 N–H and O–H groups in total. The van der Waals surface area contributed by atoms with E-state index in [1.54, 1.807) is 0 Å². The van der Waals surface area contributed by atoms with Gasteiger partial charge < -0.3 is 5.32 Å². The van der Waals surface area contributed by atoms with Crippen molar-refractivity contribution in [2.75, 3.05) is 26.2 Å². The van der Waals surface area contributed by atoms with E-state index >= 15 is 0 Å². The van der Waals surface area contributed by atoms with E-state index in [1.807, 2.05) is 11.3 Å². The highest BCUT2D eigenvalue weighted by atomic mass is 32.1. The molecule has 0 saturated carbocycles. The molecule has 0 aliphatic carbocycles. The van der Waals surface area contributed by atoms with Gasteiger partial charge in [0, 0.05) is 31.1 Å². The van der Waals surface area contributed by atoms with Gasteiger partial charge in [0.15, 0.2) is 0 Å². The molecule has 1 saturated heterocycles. The van der Waals surface area contributed by atoms with Crippen LogP contribution in [0.1, 0.15) is 22.0 Å². The fourth-order valence-electron chi connectivity index (χ4n) is 3.60. The fraction of sp³-hybridized carbons (Fsp3) is 0.300. The quantitative estimate of drug-likeness (QED) is 0.777. The number of benzene rings is 2. The first-order valence-corrected chi connectivity index (χ1v) is 9.19. The Balaban J connectivity index is 1.88. The Morgan fingerprint density at radius 1 is 1.00 bits per heavy atom. The molecule has 1 atom stereocenters. The monoisotopic (exact) mass is 322 g/mol. The largest absolute Gasteiger partial charge is 0.314 e. The van der Waals surface area contributed by atoms with Crippen LogP contribution >= 0.6 is 11.3 Å². The first-order chi connectivity index (χ1) is 11.3. The summed E-state index contributed by atoms with van der Waals surface area (Å²) in [5.41, 5.74) is 2.85. The zero-order chi connectivity index (χ0) is 15.6. The van der Waals surface area contributed by atoms with Gasteiger partial charge in [-0.3, -0.25) is 4.90 Å². The van der Waals surface area contributed by atoms with Crippen molar-refractivity contribution in [1.82, 2.24) is 10.2 Å². The van der Waals surface area contributed by atoms with E-state index in [-0.39, 0.29) is 0 Å². The number of hydrogen-bond donors (Lipinski definition) is 1. The number of thiophene rings is 1. The molecule has 2 nitrogen and oxygen atoms in total. The molecule has 0 bridgehead atoms. The van der Waals surface area contributed by atoms with Crippen LogP contribution in [-0.4, -0.2) is 31.1 Å². The van der Waals surface area contributed by atoms with E-state index in [0.717, 1.165) is 26.2 Å². The van der Waals surface area contributed by atoms with Crippen LogP contribution in [0, 0.1) is 6.92 Å². The third-order valence-corrected chi connectivity index (χ3v) is 5.86. The van der Waals surface area contributed by atoms with Crippen molar-refractivity contribution in [1.29, 1.82) is 0 Å². The number of piperazine rings is 1. The Labute approximate surface area is 141 Å². The van der Waals surface area contributed by atoms with Gasteiger partial charge in [-0.05, 0) is 40.3 Å². The highest BCUT2D eigenvalue weighted by Gasteiger charge is 2.27. The molecule has 3 aromatic rings. The number of rotatable bonds is 3. The van der Waals surface area contributed by atoms with Crippen LogP contribution in [0.3, 0.4) is 0 Å². The minimum Gasteiger partial charge on any atom is -0.314 e. The molecule has 1 aliphatic rings. The average molecular weight is 322 g/mol. The Bertz CT molecular complexity index is 797. The molecule has 3 heteroatoms. The fourth-order valence-corrected chi connectivity index (χ4v) is 4.68. The maximum absolute atomic E-state index is 3.48. The van der Waals surface area contributed by atoms with E-state index < -0.39 is 0 Å². The first-order valence-electron chi connectivity index (χ1n) is 8.31. The highest BCUT2D eigenvalue weighted by molar-refractivity contribution is 7.10. The van der Waals surface area contributed by atoms with E-state index in [2.05, 4.69) is 71.1 Å². The van der Waals surface area contributed by atoms with Crippen LogP contribution in [0.4, 0.5) is 0 Å². The number of nitrogens with zero attached hydrogens (tertiary/aromatic N) is 1. The summed E-state index contributed by atoms with van der Waals surface area (Å²) in [4.78, 5) is 4.13. The standard InChI is InChI=1S/C20H22N2S/c1-15-9-14-23-20(15)19(22-12-10-21-11-13-22)18-8-4-6-16-5-2-3-7-17(16)18/h2-9,14,19,21H,10-13H2,1H3. The van der Waals surface area contributed by atoms with Gasteiger partial charge in [-0.15, -0.1) is 11.3 Å². The van der Waals surface area contributed by atoms with Crippen molar-refractivity contribution in [2.24, 2.45) is 0 Å². The predicted molar refractivity (Wildman–Crippen MR) is 99.3 cm³/mol. The second-order valence-corrected chi connectivity index (χ2v) is 7.17. The number of aryl methyl sites for hydroxylation is 1. The van der Waals surface area contributed by atoms with E-state index in [9.17, 15) is 0 Å². The molecule has 2 heterocycles. The molecule has 1 aliphatic heterocycles. The summed E-state index contributed by atoms with van der Waals surface area (Å²) in [5, 5.41) is 8.42. The lowest BCUT2D eigenvalue weighted by Crippen LogP contribution is -2.45. The second kappa shape index (κ2) is 6.44. The molecular formula is C20H22N2S. The van der Waals surface area contributed by atoms with Gasteiger partial charge in [0.25, 0.3) is 0 Å². The minimum absolute atomic E-state index is 0.364. The Morgan fingerprint density at radius 3 is 2.57 bits per heavy atom. The average Bonchev–Trinajstić information content (AvgIpc) is 3.02. The third-order valence-electron chi connectivity index (χ3n) is 4.78. The molecule has 118 valence electrons. The maximum Gasteiger partial charge on any atom is 0.0705 e. The lowest BCUT2D eigenvalue weighted by molar-refractivity contribution is 0.201. The van der Waals surface area contributed by atoms with Gasteiger partial charge in [-0.2, -0.15) is 0 Å². The molecule has 1 aromatic heterocycles. The summed E-state index contributed by atoms with van der Waals surface area (Å²) in [7, 11) is 0. The third kappa shape index (κ3) is 2.80. The second-order valence-electron chi connectivity index (χ2n) is 6.22. The summed E-state index contributed by atoms with van der Waals surface area (Å²) in [6.45, 7) is 6.60. The van der Waals surface area contributed by atoms with Gasteiger partial charge in [-0.25, -0.2) is 0 Å². The maximum atomic E-state index is 3.48. The number of hydrogen-bond acceptors (Lipinski definition) is 3. The first kappa shape index (κ1) is 14.9. The van der Waals surface area contributed by atoms with Crippen LogP contribution in [-0.2, 0) is 0 Å².